The monoisotopic (exact) mass is 413 g/mol. The zero-order valence-electron chi connectivity index (χ0n) is 16.3. The molecular weight excluding hydrogens is 393 g/mol. The molecule has 0 bridgehead atoms. The number of hydrogen-bond acceptors (Lipinski definition) is 7. The molecule has 3 aromatic rings. The maximum absolute atomic E-state index is 13.9. The summed E-state index contributed by atoms with van der Waals surface area (Å²) >= 11 is 0. The highest BCUT2D eigenvalue weighted by atomic mass is 19.1. The van der Waals surface area contributed by atoms with Gasteiger partial charge >= 0.3 is 0 Å². The highest BCUT2D eigenvalue weighted by Gasteiger charge is 2.26. The minimum atomic E-state index is -0.444. The topological polar surface area (TPSA) is 105 Å². The Bertz CT molecular complexity index is 1050. The van der Waals surface area contributed by atoms with E-state index in [1.165, 1.54) is 12.1 Å². The maximum atomic E-state index is 13.9. The molecule has 0 unspecified atom stereocenters. The number of rotatable bonds is 5. The molecule has 9 nitrogen and oxygen atoms in total. The number of hydrogen-bond donors (Lipinski definition) is 1. The first-order valence-corrected chi connectivity index (χ1v) is 9.46. The van der Waals surface area contributed by atoms with E-state index in [0.29, 0.717) is 37.8 Å². The van der Waals surface area contributed by atoms with Crippen molar-refractivity contribution in [2.24, 2.45) is 0 Å². The van der Waals surface area contributed by atoms with Gasteiger partial charge in [-0.25, -0.2) is 4.39 Å². The van der Waals surface area contributed by atoms with Crippen LogP contribution in [0.4, 0.5) is 10.2 Å². The van der Waals surface area contributed by atoms with Crippen molar-refractivity contribution in [3.63, 3.8) is 0 Å². The Morgan fingerprint density at radius 1 is 1.10 bits per heavy atom. The summed E-state index contributed by atoms with van der Waals surface area (Å²) in [7, 11) is 0. The van der Waals surface area contributed by atoms with Gasteiger partial charge in [0, 0.05) is 38.3 Å². The van der Waals surface area contributed by atoms with Crippen molar-refractivity contribution < 1.29 is 23.0 Å². The third kappa shape index (κ3) is 4.38. The van der Waals surface area contributed by atoms with Gasteiger partial charge in [0.05, 0.1) is 12.1 Å². The molecule has 1 aromatic carbocycles. The summed E-state index contributed by atoms with van der Waals surface area (Å²) in [6.07, 6.45) is 0. The molecule has 2 amide bonds. The molecule has 1 saturated heterocycles. The zero-order chi connectivity index (χ0) is 21.1. The Morgan fingerprint density at radius 2 is 1.87 bits per heavy atom. The van der Waals surface area contributed by atoms with Gasteiger partial charge in [-0.2, -0.15) is 0 Å². The molecule has 10 heteroatoms. The van der Waals surface area contributed by atoms with Crippen LogP contribution in [0.3, 0.4) is 0 Å². The van der Waals surface area contributed by atoms with Crippen LogP contribution in [0.25, 0.3) is 11.3 Å². The number of nitrogens with zero attached hydrogens (tertiary/aromatic N) is 4. The van der Waals surface area contributed by atoms with Crippen LogP contribution in [-0.4, -0.2) is 64.7 Å². The van der Waals surface area contributed by atoms with Gasteiger partial charge in [-0.1, -0.05) is 22.4 Å². The Morgan fingerprint density at radius 3 is 2.57 bits per heavy atom. The maximum Gasteiger partial charge on any atom is 0.276 e. The van der Waals surface area contributed by atoms with Crippen molar-refractivity contribution >= 4 is 17.6 Å². The number of aromatic nitrogens is 2. The van der Waals surface area contributed by atoms with Gasteiger partial charge in [-0.15, -0.1) is 0 Å². The fraction of sp³-hybridized carbons (Fsp3) is 0.300. The molecule has 0 aliphatic carbocycles. The second-order valence-electron chi connectivity index (χ2n) is 7.00. The summed E-state index contributed by atoms with van der Waals surface area (Å²) in [6, 6.07) is 9.23. The Kier molecular flexibility index (Phi) is 5.57. The number of anilines is 1. The molecule has 0 saturated carbocycles. The lowest BCUT2D eigenvalue weighted by molar-refractivity contribution is -0.117. The largest absolute Gasteiger partial charge is 0.360 e. The van der Waals surface area contributed by atoms with Crippen LogP contribution in [0.5, 0.6) is 0 Å². The Labute approximate surface area is 171 Å². The van der Waals surface area contributed by atoms with Crippen LogP contribution in [-0.2, 0) is 4.79 Å². The van der Waals surface area contributed by atoms with Crippen LogP contribution >= 0.6 is 0 Å². The molecule has 2 aromatic heterocycles. The summed E-state index contributed by atoms with van der Waals surface area (Å²) in [6.45, 7) is 3.89. The average molecular weight is 413 g/mol. The second-order valence-corrected chi connectivity index (χ2v) is 7.00. The number of aryl methyl sites for hydroxylation is 1. The first kappa shape index (κ1) is 19.8. The van der Waals surface area contributed by atoms with Crippen molar-refractivity contribution in [3.8, 4) is 11.3 Å². The molecule has 3 heterocycles. The molecule has 0 atom stereocenters. The van der Waals surface area contributed by atoms with Crippen LogP contribution in [0.2, 0.25) is 0 Å². The van der Waals surface area contributed by atoms with E-state index in [-0.39, 0.29) is 35.4 Å². The van der Waals surface area contributed by atoms with Crippen LogP contribution < -0.4 is 5.32 Å². The van der Waals surface area contributed by atoms with Gasteiger partial charge in [0.1, 0.15) is 11.6 Å². The summed E-state index contributed by atoms with van der Waals surface area (Å²) in [5.41, 5.74) is 0.378. The van der Waals surface area contributed by atoms with Gasteiger partial charge < -0.3 is 19.3 Å². The second kappa shape index (κ2) is 8.46. The number of piperazine rings is 1. The third-order valence-corrected chi connectivity index (χ3v) is 4.79. The van der Waals surface area contributed by atoms with E-state index in [1.54, 1.807) is 36.1 Å². The van der Waals surface area contributed by atoms with Gasteiger partial charge in [-0.05, 0) is 19.1 Å². The first-order chi connectivity index (χ1) is 14.5. The first-order valence-electron chi connectivity index (χ1n) is 9.46. The van der Waals surface area contributed by atoms with Gasteiger partial charge in [0.2, 0.25) is 5.91 Å². The van der Waals surface area contributed by atoms with E-state index < -0.39 is 5.82 Å². The van der Waals surface area contributed by atoms with Crippen molar-refractivity contribution in [2.45, 2.75) is 6.92 Å². The molecular formula is C20H20FN5O4. The highest BCUT2D eigenvalue weighted by Crippen LogP contribution is 2.24. The lowest BCUT2D eigenvalue weighted by atomic mass is 10.1. The molecule has 1 N–H and O–H groups in total. The lowest BCUT2D eigenvalue weighted by Gasteiger charge is -2.33. The van der Waals surface area contributed by atoms with E-state index in [2.05, 4.69) is 15.6 Å². The van der Waals surface area contributed by atoms with Crippen LogP contribution in [0.15, 0.2) is 45.4 Å². The van der Waals surface area contributed by atoms with Crippen molar-refractivity contribution in [2.75, 3.05) is 38.0 Å². The minimum Gasteiger partial charge on any atom is -0.360 e. The van der Waals surface area contributed by atoms with Gasteiger partial charge in [-0.3, -0.25) is 14.5 Å². The molecule has 156 valence electrons. The molecule has 0 radical (unpaired) electrons. The third-order valence-electron chi connectivity index (χ3n) is 4.79. The quantitative estimate of drug-likeness (QED) is 0.683. The van der Waals surface area contributed by atoms with Crippen molar-refractivity contribution in [1.29, 1.82) is 0 Å². The van der Waals surface area contributed by atoms with E-state index >= 15 is 0 Å². The molecule has 1 fully saturated rings. The van der Waals surface area contributed by atoms with E-state index in [4.69, 9.17) is 9.05 Å². The number of nitrogens with one attached hydrogen (secondary N) is 1. The van der Waals surface area contributed by atoms with Gasteiger partial charge in [0.15, 0.2) is 17.3 Å². The van der Waals surface area contributed by atoms with Crippen LogP contribution in [0, 0.1) is 12.7 Å². The van der Waals surface area contributed by atoms with Crippen molar-refractivity contribution in [3.05, 3.63) is 53.7 Å². The zero-order valence-corrected chi connectivity index (χ0v) is 16.3. The van der Waals surface area contributed by atoms with E-state index in [0.717, 1.165) is 0 Å². The number of amides is 2. The fourth-order valence-corrected chi connectivity index (χ4v) is 3.25. The standard InChI is InChI=1S/C20H20FN5O4/c1-13-10-18(24-29-13)22-19(27)12-25-6-8-26(9-7-25)20(28)16-11-17(30-23-16)14-4-2-3-5-15(14)21/h2-5,10-11H,6-9,12H2,1H3,(H,22,24,27). The SMILES string of the molecule is Cc1cc(NC(=O)CN2CCN(C(=O)c3cc(-c4ccccc4F)on3)CC2)no1. The predicted octanol–water partition coefficient (Wildman–Crippen LogP) is 2.17. The number of carbonyl (C=O) groups excluding carboxylic acids is 2. The van der Waals surface area contributed by atoms with E-state index in [9.17, 15) is 14.0 Å². The van der Waals surface area contributed by atoms with E-state index in [1.807, 2.05) is 4.90 Å². The average Bonchev–Trinajstić information content (AvgIpc) is 3.37. The molecule has 4 rings (SSSR count). The Balaban J connectivity index is 1.30. The highest BCUT2D eigenvalue weighted by molar-refractivity contribution is 5.93. The summed E-state index contributed by atoms with van der Waals surface area (Å²) in [5, 5.41) is 10.2. The normalized spacial score (nSPS) is 14.7. The minimum absolute atomic E-state index is 0.126. The van der Waals surface area contributed by atoms with Gasteiger partial charge in [0.25, 0.3) is 5.91 Å². The summed E-state index contributed by atoms with van der Waals surface area (Å²) < 4.78 is 24.0. The molecule has 1 aliphatic heterocycles. The molecule has 1 aliphatic rings. The lowest BCUT2D eigenvalue weighted by Crippen LogP contribution is -2.50. The van der Waals surface area contributed by atoms with Crippen LogP contribution in [0.1, 0.15) is 16.2 Å². The van der Waals surface area contributed by atoms with Crippen molar-refractivity contribution in [1.82, 2.24) is 20.1 Å². The summed E-state index contributed by atoms with van der Waals surface area (Å²) in [5.74, 6) is 0.263. The number of benzene rings is 1. The number of halogens is 1. The smallest absolute Gasteiger partial charge is 0.276 e. The predicted molar refractivity (Wildman–Crippen MR) is 104 cm³/mol. The summed E-state index contributed by atoms with van der Waals surface area (Å²) in [4.78, 5) is 28.4. The molecule has 0 spiro atoms. The Hall–Kier alpha value is -3.53. The molecule has 30 heavy (non-hydrogen) atoms. The number of carbonyl (C=O) groups is 2. The fourth-order valence-electron chi connectivity index (χ4n) is 3.25.